The van der Waals surface area contributed by atoms with E-state index in [0.29, 0.717) is 0 Å². The van der Waals surface area contributed by atoms with Crippen molar-refractivity contribution in [3.8, 4) is 0 Å². The van der Waals surface area contributed by atoms with Crippen LogP contribution < -0.4 is 0 Å². The smallest absolute Gasteiger partial charge is 0.0540 e. The molecular formula is C13H26O. The molecule has 0 bridgehead atoms. The van der Waals surface area contributed by atoms with Gasteiger partial charge in [0.25, 0.3) is 0 Å². The molecule has 0 fully saturated rings. The molecule has 1 heteroatoms. The Kier molecular flexibility index (Phi) is 10.5. The van der Waals surface area contributed by atoms with Gasteiger partial charge in [-0.1, -0.05) is 44.8 Å². The molecular weight excluding hydrogens is 172 g/mol. The van der Waals surface area contributed by atoms with Crippen molar-refractivity contribution in [2.45, 2.75) is 71.3 Å². The standard InChI is InChI=1S/C13H26O/c1-3-5-7-9-11-13(14)12-10-8-6-4-2/h3,5,13-14H,4,6-12H2,1-2H3. The van der Waals surface area contributed by atoms with Crippen LogP contribution in [0.15, 0.2) is 12.2 Å². The van der Waals surface area contributed by atoms with Gasteiger partial charge in [0.15, 0.2) is 0 Å². The zero-order valence-corrected chi connectivity index (χ0v) is 9.84. The van der Waals surface area contributed by atoms with Crippen molar-refractivity contribution < 1.29 is 5.11 Å². The van der Waals surface area contributed by atoms with Crippen molar-refractivity contribution in [1.29, 1.82) is 0 Å². The Morgan fingerprint density at radius 1 is 1.07 bits per heavy atom. The number of aliphatic hydroxyl groups excluding tert-OH is 1. The van der Waals surface area contributed by atoms with E-state index >= 15 is 0 Å². The van der Waals surface area contributed by atoms with Crippen LogP contribution in [0.1, 0.15) is 65.2 Å². The van der Waals surface area contributed by atoms with Crippen LogP contribution in [0.25, 0.3) is 0 Å². The van der Waals surface area contributed by atoms with Gasteiger partial charge in [-0.2, -0.15) is 0 Å². The lowest BCUT2D eigenvalue weighted by Crippen LogP contribution is -2.05. The molecule has 0 heterocycles. The first-order valence-corrected chi connectivity index (χ1v) is 6.10. The van der Waals surface area contributed by atoms with Gasteiger partial charge < -0.3 is 5.11 Å². The molecule has 0 aromatic rings. The summed E-state index contributed by atoms with van der Waals surface area (Å²) in [6, 6.07) is 0. The first kappa shape index (κ1) is 13.7. The minimum absolute atomic E-state index is 0.0582. The summed E-state index contributed by atoms with van der Waals surface area (Å²) in [5.41, 5.74) is 0. The first-order valence-electron chi connectivity index (χ1n) is 6.10. The molecule has 1 unspecified atom stereocenters. The van der Waals surface area contributed by atoms with Crippen molar-refractivity contribution in [1.82, 2.24) is 0 Å². The maximum absolute atomic E-state index is 9.62. The van der Waals surface area contributed by atoms with E-state index in [4.69, 9.17) is 0 Å². The van der Waals surface area contributed by atoms with E-state index in [1.807, 2.05) is 6.92 Å². The molecule has 0 spiro atoms. The molecule has 1 N–H and O–H groups in total. The Morgan fingerprint density at radius 3 is 2.43 bits per heavy atom. The number of allylic oxidation sites excluding steroid dienone is 2. The molecule has 0 aromatic heterocycles. The van der Waals surface area contributed by atoms with Crippen LogP contribution in [-0.2, 0) is 0 Å². The number of rotatable bonds is 9. The highest BCUT2D eigenvalue weighted by Gasteiger charge is 2.02. The van der Waals surface area contributed by atoms with Gasteiger partial charge in [0.1, 0.15) is 0 Å². The predicted octanol–water partition coefficient (Wildman–Crippen LogP) is 4.06. The van der Waals surface area contributed by atoms with Crippen LogP contribution in [0.5, 0.6) is 0 Å². The maximum Gasteiger partial charge on any atom is 0.0540 e. The normalized spacial score (nSPS) is 13.6. The van der Waals surface area contributed by atoms with E-state index < -0.39 is 0 Å². The van der Waals surface area contributed by atoms with Crippen molar-refractivity contribution in [2.24, 2.45) is 0 Å². The number of aliphatic hydroxyl groups is 1. The van der Waals surface area contributed by atoms with Gasteiger partial charge in [0, 0.05) is 0 Å². The highest BCUT2D eigenvalue weighted by molar-refractivity contribution is 4.76. The van der Waals surface area contributed by atoms with Crippen LogP contribution >= 0.6 is 0 Å². The fourth-order valence-electron chi connectivity index (χ4n) is 1.59. The molecule has 0 rings (SSSR count). The van der Waals surface area contributed by atoms with E-state index in [-0.39, 0.29) is 6.10 Å². The summed E-state index contributed by atoms with van der Waals surface area (Å²) in [7, 11) is 0. The molecule has 84 valence electrons. The summed E-state index contributed by atoms with van der Waals surface area (Å²) in [4.78, 5) is 0. The lowest BCUT2D eigenvalue weighted by molar-refractivity contribution is 0.148. The first-order chi connectivity index (χ1) is 6.81. The van der Waals surface area contributed by atoms with Gasteiger partial charge in [-0.05, 0) is 32.6 Å². The van der Waals surface area contributed by atoms with Gasteiger partial charge in [0.2, 0.25) is 0 Å². The quantitative estimate of drug-likeness (QED) is 0.437. The summed E-state index contributed by atoms with van der Waals surface area (Å²) >= 11 is 0. The molecule has 1 atom stereocenters. The molecule has 0 saturated carbocycles. The van der Waals surface area contributed by atoms with Crippen LogP contribution in [0.4, 0.5) is 0 Å². The van der Waals surface area contributed by atoms with Crippen molar-refractivity contribution in [2.75, 3.05) is 0 Å². The Bertz CT molecular complexity index is 129. The third kappa shape index (κ3) is 9.79. The molecule has 0 saturated heterocycles. The zero-order chi connectivity index (χ0) is 10.6. The second-order valence-electron chi connectivity index (χ2n) is 4.00. The average Bonchev–Trinajstić information content (AvgIpc) is 2.19. The molecule has 0 amide bonds. The minimum atomic E-state index is -0.0582. The Hall–Kier alpha value is -0.300. The fourth-order valence-corrected chi connectivity index (χ4v) is 1.59. The zero-order valence-electron chi connectivity index (χ0n) is 9.84. The Labute approximate surface area is 89.2 Å². The Morgan fingerprint density at radius 2 is 1.79 bits per heavy atom. The highest BCUT2D eigenvalue weighted by Crippen LogP contribution is 2.10. The van der Waals surface area contributed by atoms with Crippen LogP contribution in [-0.4, -0.2) is 11.2 Å². The highest BCUT2D eigenvalue weighted by atomic mass is 16.3. The molecule has 0 aliphatic carbocycles. The van der Waals surface area contributed by atoms with Gasteiger partial charge in [-0.15, -0.1) is 0 Å². The third-order valence-electron chi connectivity index (χ3n) is 2.53. The monoisotopic (exact) mass is 198 g/mol. The topological polar surface area (TPSA) is 20.2 Å². The van der Waals surface area contributed by atoms with E-state index in [2.05, 4.69) is 19.1 Å². The SMILES string of the molecule is CC=CCCCC(O)CCCCCC. The molecule has 0 aliphatic rings. The number of unbranched alkanes of at least 4 members (excludes halogenated alkanes) is 4. The summed E-state index contributed by atoms with van der Waals surface area (Å²) in [6.07, 6.45) is 13.5. The second kappa shape index (κ2) is 10.8. The summed E-state index contributed by atoms with van der Waals surface area (Å²) < 4.78 is 0. The molecule has 0 radical (unpaired) electrons. The Balaban J connectivity index is 3.15. The molecule has 0 aliphatic heterocycles. The fraction of sp³-hybridized carbons (Fsp3) is 0.846. The van der Waals surface area contributed by atoms with Gasteiger partial charge in [-0.3, -0.25) is 0 Å². The minimum Gasteiger partial charge on any atom is -0.393 e. The molecule has 14 heavy (non-hydrogen) atoms. The van der Waals surface area contributed by atoms with Gasteiger partial charge in [-0.25, -0.2) is 0 Å². The van der Waals surface area contributed by atoms with E-state index in [9.17, 15) is 5.11 Å². The maximum atomic E-state index is 9.62. The van der Waals surface area contributed by atoms with Crippen LogP contribution in [0, 0.1) is 0 Å². The van der Waals surface area contributed by atoms with Crippen molar-refractivity contribution in [3.05, 3.63) is 12.2 Å². The lowest BCUT2D eigenvalue weighted by atomic mass is 10.0. The molecule has 1 nitrogen and oxygen atoms in total. The predicted molar refractivity (Wildman–Crippen MR) is 63.4 cm³/mol. The largest absolute Gasteiger partial charge is 0.393 e. The summed E-state index contributed by atoms with van der Waals surface area (Å²) in [6.45, 7) is 4.26. The van der Waals surface area contributed by atoms with Crippen molar-refractivity contribution >= 4 is 0 Å². The van der Waals surface area contributed by atoms with Crippen LogP contribution in [0.3, 0.4) is 0 Å². The van der Waals surface area contributed by atoms with Gasteiger partial charge in [0.05, 0.1) is 6.10 Å². The third-order valence-corrected chi connectivity index (χ3v) is 2.53. The summed E-state index contributed by atoms with van der Waals surface area (Å²) in [5, 5.41) is 9.62. The van der Waals surface area contributed by atoms with E-state index in [1.165, 1.54) is 25.7 Å². The lowest BCUT2D eigenvalue weighted by Gasteiger charge is -2.08. The van der Waals surface area contributed by atoms with E-state index in [0.717, 1.165) is 25.7 Å². The number of hydrogen-bond donors (Lipinski definition) is 1. The second-order valence-corrected chi connectivity index (χ2v) is 4.00. The number of hydrogen-bond acceptors (Lipinski definition) is 1. The molecule has 0 aromatic carbocycles. The van der Waals surface area contributed by atoms with Crippen molar-refractivity contribution in [3.63, 3.8) is 0 Å². The summed E-state index contributed by atoms with van der Waals surface area (Å²) in [5.74, 6) is 0. The van der Waals surface area contributed by atoms with Crippen LogP contribution in [0.2, 0.25) is 0 Å². The van der Waals surface area contributed by atoms with E-state index in [1.54, 1.807) is 0 Å². The van der Waals surface area contributed by atoms with Gasteiger partial charge >= 0.3 is 0 Å². The average molecular weight is 198 g/mol.